The van der Waals surface area contributed by atoms with Crippen LogP contribution in [-0.4, -0.2) is 26.4 Å². The van der Waals surface area contributed by atoms with E-state index >= 15 is 0 Å². The maximum absolute atomic E-state index is 11.2. The highest BCUT2D eigenvalue weighted by atomic mass is 32.2. The Morgan fingerprint density at radius 2 is 1.79 bits per heavy atom. The minimum Gasteiger partial charge on any atom is -0.492 e. The molecule has 1 aromatic carbocycles. The van der Waals surface area contributed by atoms with Crippen molar-refractivity contribution < 1.29 is 23.4 Å². The molecule has 0 spiro atoms. The molecule has 0 radical (unpaired) electrons. The Balaban J connectivity index is 2.94. The van der Waals surface area contributed by atoms with Gasteiger partial charge in [0.2, 0.25) is 0 Å². The summed E-state index contributed by atoms with van der Waals surface area (Å²) in [5, 5.41) is 8.99. The molecule has 0 aliphatic carbocycles. The average molecular weight is 286 g/mol. The van der Waals surface area contributed by atoms with E-state index in [-0.39, 0.29) is 6.61 Å². The van der Waals surface area contributed by atoms with E-state index in [0.29, 0.717) is 21.8 Å². The Kier molecular flexibility index (Phi) is 4.70. The van der Waals surface area contributed by atoms with E-state index in [1.807, 2.05) is 0 Å². The fourth-order valence-corrected chi connectivity index (χ4v) is 2.26. The average Bonchev–Trinajstić information content (AvgIpc) is 2.24. The van der Waals surface area contributed by atoms with Crippen LogP contribution < -0.4 is 4.74 Å². The van der Waals surface area contributed by atoms with Crippen molar-refractivity contribution in [1.29, 1.82) is 0 Å². The van der Waals surface area contributed by atoms with Gasteiger partial charge in [0.15, 0.2) is 11.1 Å². The molecule has 1 atom stereocenters. The van der Waals surface area contributed by atoms with Crippen molar-refractivity contribution in [1.82, 2.24) is 0 Å². The van der Waals surface area contributed by atoms with Crippen molar-refractivity contribution in [3.63, 3.8) is 0 Å². The van der Waals surface area contributed by atoms with Crippen LogP contribution in [0.3, 0.4) is 0 Å². The van der Waals surface area contributed by atoms with Crippen molar-refractivity contribution in [3.8, 4) is 5.75 Å². The van der Waals surface area contributed by atoms with Gasteiger partial charge in [0, 0.05) is 0 Å². The molecule has 5 nitrogen and oxygen atoms in total. The van der Waals surface area contributed by atoms with E-state index in [2.05, 4.69) is 0 Å². The first kappa shape index (κ1) is 15.7. The highest BCUT2D eigenvalue weighted by molar-refractivity contribution is 7.79. The van der Waals surface area contributed by atoms with Gasteiger partial charge < -0.3 is 14.4 Å². The van der Waals surface area contributed by atoms with Crippen LogP contribution in [0.4, 0.5) is 0 Å². The first-order valence-corrected chi connectivity index (χ1v) is 6.84. The Morgan fingerprint density at radius 3 is 2.16 bits per heavy atom. The van der Waals surface area contributed by atoms with Crippen LogP contribution in [0.15, 0.2) is 17.0 Å². The van der Waals surface area contributed by atoms with Crippen LogP contribution in [0.5, 0.6) is 5.75 Å². The largest absolute Gasteiger partial charge is 0.492 e. The number of carbonyl (C=O) groups is 1. The Hall–Kier alpha value is -1.40. The molecule has 0 heterocycles. The van der Waals surface area contributed by atoms with E-state index < -0.39 is 22.5 Å². The summed E-state index contributed by atoms with van der Waals surface area (Å²) in [5.74, 6) is -0.437. The first-order chi connectivity index (χ1) is 8.65. The van der Waals surface area contributed by atoms with Gasteiger partial charge >= 0.3 is 5.97 Å². The molecule has 0 amide bonds. The summed E-state index contributed by atoms with van der Waals surface area (Å²) >= 11 is -2.04. The van der Waals surface area contributed by atoms with Crippen molar-refractivity contribution in [3.05, 3.63) is 23.3 Å². The summed E-state index contributed by atoms with van der Waals surface area (Å²) in [6, 6.07) is 3.27. The zero-order valence-electron chi connectivity index (χ0n) is 11.4. The standard InChI is InChI=1S/C13H18O5S/c1-8-5-10(6-9(2)11(8)19(16)17)18-7-13(3,4)12(14)15/h5-6H,7H2,1-4H3,(H,14,15)(H,16,17). The number of rotatable bonds is 5. The third-order valence-corrected chi connectivity index (χ3v) is 3.78. The molecule has 6 heteroatoms. The summed E-state index contributed by atoms with van der Waals surface area (Å²) in [4.78, 5) is 11.3. The van der Waals surface area contributed by atoms with Crippen LogP contribution in [0, 0.1) is 19.3 Å². The van der Waals surface area contributed by atoms with E-state index in [1.54, 1.807) is 39.8 Å². The van der Waals surface area contributed by atoms with Crippen LogP contribution in [0.25, 0.3) is 0 Å². The third-order valence-electron chi connectivity index (χ3n) is 2.79. The lowest BCUT2D eigenvalue weighted by atomic mass is 9.95. The molecule has 0 saturated heterocycles. The summed E-state index contributed by atoms with van der Waals surface area (Å²) in [7, 11) is 0. The molecule has 0 aromatic heterocycles. The Labute approximate surface area is 114 Å². The van der Waals surface area contributed by atoms with Gasteiger partial charge in [0.25, 0.3) is 0 Å². The molecule has 19 heavy (non-hydrogen) atoms. The second-order valence-corrected chi connectivity index (χ2v) is 6.02. The predicted molar refractivity (Wildman–Crippen MR) is 71.9 cm³/mol. The van der Waals surface area contributed by atoms with Crippen LogP contribution in [-0.2, 0) is 15.9 Å². The van der Waals surface area contributed by atoms with Gasteiger partial charge in [-0.1, -0.05) is 0 Å². The van der Waals surface area contributed by atoms with E-state index in [0.717, 1.165) is 0 Å². The lowest BCUT2D eigenvalue weighted by Crippen LogP contribution is -2.30. The van der Waals surface area contributed by atoms with Crippen LogP contribution >= 0.6 is 0 Å². The summed E-state index contributed by atoms with van der Waals surface area (Å²) in [6.07, 6.45) is 0. The smallest absolute Gasteiger partial charge is 0.312 e. The number of aliphatic carboxylic acids is 1. The molecule has 0 saturated carbocycles. The third kappa shape index (κ3) is 3.78. The van der Waals surface area contributed by atoms with Gasteiger partial charge in [-0.05, 0) is 51.0 Å². The zero-order valence-corrected chi connectivity index (χ0v) is 12.2. The quantitative estimate of drug-likeness (QED) is 0.812. The SMILES string of the molecule is Cc1cc(OCC(C)(C)C(=O)O)cc(C)c1S(=O)O. The topological polar surface area (TPSA) is 83.8 Å². The van der Waals surface area contributed by atoms with Gasteiger partial charge in [-0.2, -0.15) is 0 Å². The number of aryl methyl sites for hydroxylation is 2. The van der Waals surface area contributed by atoms with Gasteiger partial charge in [-0.25, -0.2) is 4.21 Å². The van der Waals surface area contributed by atoms with Crippen molar-refractivity contribution in [2.45, 2.75) is 32.6 Å². The molecule has 0 aliphatic heterocycles. The van der Waals surface area contributed by atoms with E-state index in [9.17, 15) is 9.00 Å². The molecular weight excluding hydrogens is 268 g/mol. The number of hydrogen-bond donors (Lipinski definition) is 2. The van der Waals surface area contributed by atoms with Gasteiger partial charge in [0.05, 0.1) is 10.3 Å². The number of carboxylic acids is 1. The van der Waals surface area contributed by atoms with Crippen molar-refractivity contribution in [2.24, 2.45) is 5.41 Å². The van der Waals surface area contributed by atoms with Gasteiger partial charge in [-0.15, -0.1) is 0 Å². The minimum atomic E-state index is -2.04. The van der Waals surface area contributed by atoms with Crippen molar-refractivity contribution >= 4 is 17.0 Å². The maximum atomic E-state index is 11.2. The van der Waals surface area contributed by atoms with Crippen LogP contribution in [0.2, 0.25) is 0 Å². The minimum absolute atomic E-state index is 0.0305. The second-order valence-electron chi connectivity index (χ2n) is 5.11. The highest BCUT2D eigenvalue weighted by Gasteiger charge is 2.28. The fourth-order valence-electron chi connectivity index (χ4n) is 1.59. The first-order valence-electron chi connectivity index (χ1n) is 5.73. The molecule has 2 N–H and O–H groups in total. The summed E-state index contributed by atoms with van der Waals surface area (Å²) < 4.78 is 25.8. The summed E-state index contributed by atoms with van der Waals surface area (Å²) in [5.41, 5.74) is 0.299. The Morgan fingerprint density at radius 1 is 1.32 bits per heavy atom. The molecule has 1 unspecified atom stereocenters. The van der Waals surface area contributed by atoms with Gasteiger partial charge in [0.1, 0.15) is 12.4 Å². The van der Waals surface area contributed by atoms with Gasteiger partial charge in [-0.3, -0.25) is 4.79 Å². The number of benzene rings is 1. The number of carboxylic acid groups (broad SMARTS) is 1. The fraction of sp³-hybridized carbons (Fsp3) is 0.462. The maximum Gasteiger partial charge on any atom is 0.312 e. The molecule has 1 rings (SSSR count). The van der Waals surface area contributed by atoms with Crippen LogP contribution in [0.1, 0.15) is 25.0 Å². The monoisotopic (exact) mass is 286 g/mol. The lowest BCUT2D eigenvalue weighted by molar-refractivity contribution is -0.148. The van der Waals surface area contributed by atoms with Crippen molar-refractivity contribution in [2.75, 3.05) is 6.61 Å². The number of hydrogen-bond acceptors (Lipinski definition) is 3. The second kappa shape index (κ2) is 5.71. The molecule has 0 bridgehead atoms. The molecule has 0 fully saturated rings. The summed E-state index contributed by atoms with van der Waals surface area (Å²) in [6.45, 7) is 6.61. The van der Waals surface area contributed by atoms with E-state index in [1.165, 1.54) is 0 Å². The Bertz CT molecular complexity index is 499. The predicted octanol–water partition coefficient (Wildman–Crippen LogP) is 2.37. The zero-order chi connectivity index (χ0) is 14.8. The number of ether oxygens (including phenoxy) is 1. The van der Waals surface area contributed by atoms with E-state index in [4.69, 9.17) is 14.4 Å². The normalized spacial score (nSPS) is 13.1. The molecular formula is C13H18O5S. The molecule has 0 aliphatic rings. The highest BCUT2D eigenvalue weighted by Crippen LogP contribution is 2.26. The lowest BCUT2D eigenvalue weighted by Gasteiger charge is -2.20. The molecule has 106 valence electrons. The molecule has 1 aromatic rings.